The van der Waals surface area contributed by atoms with E-state index in [4.69, 9.17) is 24.9 Å². The van der Waals surface area contributed by atoms with E-state index in [1.165, 1.54) is 11.1 Å². The molecular weight excluding hydrogens is 707 g/mol. The van der Waals surface area contributed by atoms with E-state index in [2.05, 4.69) is 159 Å². The van der Waals surface area contributed by atoms with Crippen molar-refractivity contribution >= 4 is 21.7 Å². The molecule has 0 aliphatic carbocycles. The first kappa shape index (κ1) is 34.8. The molecule has 0 bridgehead atoms. The largest absolute Gasteiger partial charge is 0.244 e. The van der Waals surface area contributed by atoms with Crippen molar-refractivity contribution in [2.75, 3.05) is 0 Å². The highest BCUT2D eigenvalue weighted by Gasteiger charge is 2.17. The third kappa shape index (κ3) is 6.80. The second-order valence-corrected chi connectivity index (χ2v) is 14.7. The summed E-state index contributed by atoms with van der Waals surface area (Å²) in [6, 6.07) is 65.2. The first-order valence-electron chi connectivity index (χ1n) is 19.5. The molecule has 0 fully saturated rings. The van der Waals surface area contributed by atoms with E-state index in [1.54, 1.807) is 0 Å². The van der Waals surface area contributed by atoms with Gasteiger partial charge < -0.3 is 0 Å². The fourth-order valence-electron chi connectivity index (χ4n) is 7.54. The summed E-state index contributed by atoms with van der Waals surface area (Å²) >= 11 is 0. The molecule has 0 radical (unpaired) electrons. The lowest BCUT2D eigenvalue weighted by Gasteiger charge is -2.14. The van der Waals surface area contributed by atoms with E-state index < -0.39 is 0 Å². The summed E-state index contributed by atoms with van der Waals surface area (Å²) in [7, 11) is 0. The van der Waals surface area contributed by atoms with Crippen LogP contribution >= 0.6 is 0 Å². The van der Waals surface area contributed by atoms with Crippen molar-refractivity contribution in [1.29, 1.82) is 0 Å². The van der Waals surface area contributed by atoms with Crippen molar-refractivity contribution in [2.24, 2.45) is 0 Å². The SMILES string of the molecule is Cc1ccc(-c2cc(-c3ccc(C)cc3)nc(-c3ccc(-c4ccc(-c5cc(-c6ccccc6)nc(-c6ccc7ccccc7n6)n5)cc4)c4ccccc34)n2)cc1. The normalized spacial score (nSPS) is 11.3. The van der Waals surface area contributed by atoms with Crippen LogP contribution in [0.15, 0.2) is 188 Å². The molecule has 3 heterocycles. The molecule has 0 N–H and O–H groups in total. The van der Waals surface area contributed by atoms with Gasteiger partial charge in [-0.25, -0.2) is 24.9 Å². The number of pyridine rings is 1. The lowest BCUT2D eigenvalue weighted by Crippen LogP contribution is -1.98. The molecule has 0 unspecified atom stereocenters. The third-order valence-corrected chi connectivity index (χ3v) is 10.7. The van der Waals surface area contributed by atoms with Crippen molar-refractivity contribution in [2.45, 2.75) is 13.8 Å². The van der Waals surface area contributed by atoms with Crippen LogP contribution in [-0.2, 0) is 0 Å². The Labute approximate surface area is 337 Å². The van der Waals surface area contributed by atoms with Gasteiger partial charge in [-0.1, -0.05) is 169 Å². The van der Waals surface area contributed by atoms with Crippen LogP contribution in [0.4, 0.5) is 0 Å². The quantitative estimate of drug-likeness (QED) is 0.163. The first-order valence-corrected chi connectivity index (χ1v) is 19.5. The minimum atomic E-state index is 0.590. The Kier molecular flexibility index (Phi) is 8.88. The van der Waals surface area contributed by atoms with Crippen LogP contribution in [-0.4, -0.2) is 24.9 Å². The highest BCUT2D eigenvalue weighted by Crippen LogP contribution is 2.37. The summed E-state index contributed by atoms with van der Waals surface area (Å²) in [5.74, 6) is 1.29. The lowest BCUT2D eigenvalue weighted by atomic mass is 9.93. The molecule has 0 amide bonds. The third-order valence-electron chi connectivity index (χ3n) is 10.7. The smallest absolute Gasteiger partial charge is 0.179 e. The summed E-state index contributed by atoms with van der Waals surface area (Å²) in [6.45, 7) is 4.21. The second-order valence-electron chi connectivity index (χ2n) is 14.7. The molecule has 58 heavy (non-hydrogen) atoms. The van der Waals surface area contributed by atoms with E-state index in [1.807, 2.05) is 42.5 Å². The molecular formula is C53H37N5. The van der Waals surface area contributed by atoms with Gasteiger partial charge in [0, 0.05) is 33.2 Å². The molecule has 0 saturated carbocycles. The van der Waals surface area contributed by atoms with E-state index in [-0.39, 0.29) is 0 Å². The number of hydrogen-bond donors (Lipinski definition) is 0. The molecule has 5 nitrogen and oxygen atoms in total. The average Bonchev–Trinajstić information content (AvgIpc) is 3.29. The Hall–Kier alpha value is -7.63. The maximum absolute atomic E-state index is 5.19. The van der Waals surface area contributed by atoms with Gasteiger partial charge >= 0.3 is 0 Å². The monoisotopic (exact) mass is 743 g/mol. The average molecular weight is 744 g/mol. The van der Waals surface area contributed by atoms with Crippen LogP contribution in [0.1, 0.15) is 11.1 Å². The summed E-state index contributed by atoms with van der Waals surface area (Å²) in [5, 5.41) is 3.31. The van der Waals surface area contributed by atoms with Crippen LogP contribution in [0.25, 0.3) is 101 Å². The van der Waals surface area contributed by atoms with Gasteiger partial charge in [0.15, 0.2) is 11.6 Å². The standard InChI is InChI=1S/C53H37N5/c1-34-16-20-39(21-17-34)49-33-50(40-22-18-35(2)19-23-40)56-52(55-49)45-30-29-42(43-13-7-8-14-44(43)45)36-24-26-41(27-25-36)51-32-48(37-10-4-3-5-11-37)57-53(58-51)47-31-28-38-12-6-9-15-46(38)54-47/h3-33H,1-2H3. The Morgan fingerprint density at radius 1 is 0.293 bits per heavy atom. The van der Waals surface area contributed by atoms with Gasteiger partial charge in [-0.2, -0.15) is 0 Å². The van der Waals surface area contributed by atoms with E-state index in [0.29, 0.717) is 11.6 Å². The maximum atomic E-state index is 5.19. The number of aromatic nitrogens is 5. The van der Waals surface area contributed by atoms with Crippen LogP contribution in [0.5, 0.6) is 0 Å². The maximum Gasteiger partial charge on any atom is 0.179 e. The zero-order chi connectivity index (χ0) is 39.0. The second kappa shape index (κ2) is 14.8. The van der Waals surface area contributed by atoms with Gasteiger partial charge in [-0.3, -0.25) is 0 Å². The summed E-state index contributed by atoms with van der Waals surface area (Å²) in [5.41, 5.74) is 14.9. The summed E-state index contributed by atoms with van der Waals surface area (Å²) in [6.07, 6.45) is 0. The van der Waals surface area contributed by atoms with Gasteiger partial charge in [0.25, 0.3) is 0 Å². The van der Waals surface area contributed by atoms with Crippen LogP contribution < -0.4 is 0 Å². The molecule has 0 aliphatic heterocycles. The molecule has 3 aromatic heterocycles. The van der Waals surface area contributed by atoms with E-state index in [0.717, 1.165) is 89.1 Å². The van der Waals surface area contributed by atoms with E-state index >= 15 is 0 Å². The van der Waals surface area contributed by atoms with Crippen molar-refractivity contribution in [1.82, 2.24) is 24.9 Å². The zero-order valence-corrected chi connectivity index (χ0v) is 32.1. The number of para-hydroxylation sites is 1. The van der Waals surface area contributed by atoms with Gasteiger partial charge in [0.2, 0.25) is 0 Å². The lowest BCUT2D eigenvalue weighted by molar-refractivity contribution is 1.16. The molecule has 10 rings (SSSR count). The molecule has 0 aliphatic rings. The topological polar surface area (TPSA) is 64.5 Å². The Morgan fingerprint density at radius 3 is 1.34 bits per heavy atom. The van der Waals surface area contributed by atoms with Crippen molar-refractivity contribution in [3.05, 3.63) is 199 Å². The molecule has 7 aromatic carbocycles. The first-order chi connectivity index (χ1) is 28.5. The fraction of sp³-hybridized carbons (Fsp3) is 0.0377. The highest BCUT2D eigenvalue weighted by molar-refractivity contribution is 6.04. The molecule has 10 aromatic rings. The van der Waals surface area contributed by atoms with E-state index in [9.17, 15) is 0 Å². The van der Waals surface area contributed by atoms with Crippen LogP contribution in [0.2, 0.25) is 0 Å². The minimum Gasteiger partial charge on any atom is -0.244 e. The Balaban J connectivity index is 1.05. The Bertz CT molecular complexity index is 3040. The summed E-state index contributed by atoms with van der Waals surface area (Å²) in [4.78, 5) is 25.4. The molecule has 0 saturated heterocycles. The predicted octanol–water partition coefficient (Wildman–Crippen LogP) is 13.3. The van der Waals surface area contributed by atoms with Crippen molar-refractivity contribution < 1.29 is 0 Å². The van der Waals surface area contributed by atoms with Gasteiger partial charge in [-0.05, 0) is 66.1 Å². The minimum absolute atomic E-state index is 0.590. The van der Waals surface area contributed by atoms with Crippen molar-refractivity contribution in [3.63, 3.8) is 0 Å². The van der Waals surface area contributed by atoms with Gasteiger partial charge in [-0.15, -0.1) is 0 Å². The number of fused-ring (bicyclic) bond motifs is 2. The number of nitrogens with zero attached hydrogens (tertiary/aromatic N) is 5. The molecule has 274 valence electrons. The zero-order valence-electron chi connectivity index (χ0n) is 32.1. The van der Waals surface area contributed by atoms with Crippen molar-refractivity contribution in [3.8, 4) is 79.1 Å². The number of rotatable bonds is 7. The highest BCUT2D eigenvalue weighted by atomic mass is 14.9. The Morgan fingerprint density at radius 2 is 0.741 bits per heavy atom. The number of hydrogen-bond acceptors (Lipinski definition) is 5. The fourth-order valence-corrected chi connectivity index (χ4v) is 7.54. The predicted molar refractivity (Wildman–Crippen MR) is 238 cm³/mol. The van der Waals surface area contributed by atoms with Gasteiger partial charge in [0.1, 0.15) is 5.69 Å². The number of benzene rings is 7. The summed E-state index contributed by atoms with van der Waals surface area (Å²) < 4.78 is 0. The molecule has 0 atom stereocenters. The number of aryl methyl sites for hydroxylation is 2. The van der Waals surface area contributed by atoms with Crippen LogP contribution in [0, 0.1) is 13.8 Å². The van der Waals surface area contributed by atoms with Gasteiger partial charge in [0.05, 0.1) is 28.3 Å². The van der Waals surface area contributed by atoms with Crippen LogP contribution in [0.3, 0.4) is 0 Å². The molecule has 5 heteroatoms. The molecule has 0 spiro atoms.